The molecular weight excluding hydrogens is 398 g/mol. The summed E-state index contributed by atoms with van der Waals surface area (Å²) in [5.41, 5.74) is 3.83. The lowest BCUT2D eigenvalue weighted by atomic mass is 9.97. The van der Waals surface area contributed by atoms with E-state index in [4.69, 9.17) is 0 Å². The number of fused-ring (bicyclic) bond motifs is 2. The number of para-hydroxylation sites is 1. The van der Waals surface area contributed by atoms with Crippen LogP contribution in [0.1, 0.15) is 67.1 Å². The molecule has 5 heteroatoms. The van der Waals surface area contributed by atoms with Gasteiger partial charge in [-0.2, -0.15) is 0 Å². The van der Waals surface area contributed by atoms with E-state index in [0.29, 0.717) is 18.0 Å². The van der Waals surface area contributed by atoms with Crippen molar-refractivity contribution in [2.24, 2.45) is 13.0 Å². The zero-order valence-electron chi connectivity index (χ0n) is 19.3. The molecule has 0 bridgehead atoms. The molecule has 32 heavy (non-hydrogen) atoms. The predicted molar refractivity (Wildman–Crippen MR) is 129 cm³/mol. The predicted octanol–water partition coefficient (Wildman–Crippen LogP) is 5.06. The number of hydrogen-bond donors (Lipinski definition) is 1. The number of unbranched alkanes of at least 4 members (excludes halogenated alkanes) is 1. The first-order chi connectivity index (χ1) is 15.5. The minimum atomic E-state index is -0.266. The molecule has 2 atom stereocenters. The molecule has 0 spiro atoms. The maximum Gasteiger partial charge on any atom is 0.255 e. The van der Waals surface area contributed by atoms with Crippen LogP contribution in [0, 0.1) is 5.92 Å². The van der Waals surface area contributed by atoms with E-state index in [1.54, 1.807) is 4.90 Å². The number of hydrogen-bond acceptors (Lipinski definition) is 2. The third-order valence-corrected chi connectivity index (χ3v) is 6.73. The van der Waals surface area contributed by atoms with Crippen molar-refractivity contribution in [3.05, 3.63) is 71.4 Å². The molecule has 4 rings (SSSR count). The third kappa shape index (κ3) is 4.16. The summed E-state index contributed by atoms with van der Waals surface area (Å²) in [5, 5.41) is 4.20. The van der Waals surface area contributed by atoms with Crippen molar-refractivity contribution in [1.29, 1.82) is 0 Å². The summed E-state index contributed by atoms with van der Waals surface area (Å²) in [6, 6.07) is 15.7. The number of rotatable bonds is 9. The summed E-state index contributed by atoms with van der Waals surface area (Å²) in [6.07, 6.45) is 6.61. The molecule has 1 N–H and O–H groups in total. The van der Waals surface area contributed by atoms with Crippen LogP contribution < -0.4 is 5.32 Å². The van der Waals surface area contributed by atoms with Crippen LogP contribution in [0.3, 0.4) is 0 Å². The van der Waals surface area contributed by atoms with Gasteiger partial charge in [0.25, 0.3) is 5.91 Å². The summed E-state index contributed by atoms with van der Waals surface area (Å²) in [5.74, 6) is 0.317. The van der Waals surface area contributed by atoms with Crippen molar-refractivity contribution < 1.29 is 9.59 Å². The zero-order chi connectivity index (χ0) is 22.7. The highest BCUT2D eigenvalue weighted by Crippen LogP contribution is 2.41. The Labute approximate surface area is 190 Å². The second-order valence-electron chi connectivity index (χ2n) is 8.86. The molecule has 2 aromatic carbocycles. The van der Waals surface area contributed by atoms with Gasteiger partial charge in [0.15, 0.2) is 0 Å². The number of nitrogens with zero attached hydrogens (tertiary/aromatic N) is 2. The zero-order valence-corrected chi connectivity index (χ0v) is 19.3. The summed E-state index contributed by atoms with van der Waals surface area (Å²) < 4.78 is 2.09. The van der Waals surface area contributed by atoms with E-state index in [1.165, 1.54) is 6.42 Å². The number of amides is 2. The highest BCUT2D eigenvalue weighted by Gasteiger charge is 2.39. The van der Waals surface area contributed by atoms with Gasteiger partial charge in [-0.25, -0.2) is 0 Å². The number of benzene rings is 2. The van der Waals surface area contributed by atoms with Gasteiger partial charge < -0.3 is 14.8 Å². The Kier molecular flexibility index (Phi) is 6.63. The van der Waals surface area contributed by atoms with Gasteiger partial charge >= 0.3 is 0 Å². The van der Waals surface area contributed by atoms with Crippen molar-refractivity contribution >= 4 is 22.7 Å². The minimum absolute atomic E-state index is 0.0611. The summed E-state index contributed by atoms with van der Waals surface area (Å²) in [4.78, 5) is 28.0. The second-order valence-corrected chi connectivity index (χ2v) is 8.86. The first kappa shape index (κ1) is 22.1. The molecule has 1 aliphatic heterocycles. The number of aryl methyl sites for hydroxylation is 1. The molecular formula is C27H33N3O2. The molecule has 0 saturated heterocycles. The lowest BCUT2D eigenvalue weighted by Gasteiger charge is -2.25. The molecule has 0 radical (unpaired) electrons. The van der Waals surface area contributed by atoms with Crippen LogP contribution in [-0.4, -0.2) is 34.4 Å². The smallest absolute Gasteiger partial charge is 0.255 e. The fourth-order valence-electron chi connectivity index (χ4n) is 4.87. The van der Waals surface area contributed by atoms with E-state index in [1.807, 2.05) is 43.4 Å². The number of aromatic nitrogens is 1. The molecule has 0 saturated carbocycles. The van der Waals surface area contributed by atoms with Gasteiger partial charge in [0, 0.05) is 41.8 Å². The molecule has 168 valence electrons. The van der Waals surface area contributed by atoms with E-state index in [0.717, 1.165) is 41.3 Å². The number of nitrogens with one attached hydrogen (secondary N) is 1. The quantitative estimate of drug-likeness (QED) is 0.515. The maximum absolute atomic E-state index is 13.3. The van der Waals surface area contributed by atoms with Gasteiger partial charge in [-0.1, -0.05) is 69.5 Å². The summed E-state index contributed by atoms with van der Waals surface area (Å²) in [7, 11) is 2.02. The van der Waals surface area contributed by atoms with Crippen molar-refractivity contribution in [1.82, 2.24) is 14.8 Å². The third-order valence-electron chi connectivity index (χ3n) is 6.73. The van der Waals surface area contributed by atoms with Crippen molar-refractivity contribution in [2.45, 2.75) is 45.6 Å². The first-order valence-corrected chi connectivity index (χ1v) is 11.8. The lowest BCUT2D eigenvalue weighted by molar-refractivity contribution is -0.122. The van der Waals surface area contributed by atoms with Gasteiger partial charge in [-0.05, 0) is 30.0 Å². The van der Waals surface area contributed by atoms with Gasteiger partial charge in [0.2, 0.25) is 5.91 Å². The minimum Gasteiger partial charge on any atom is -0.354 e. The Morgan fingerprint density at radius 3 is 2.59 bits per heavy atom. The van der Waals surface area contributed by atoms with Crippen LogP contribution >= 0.6 is 0 Å². The Morgan fingerprint density at radius 2 is 1.81 bits per heavy atom. The van der Waals surface area contributed by atoms with Gasteiger partial charge in [-0.15, -0.1) is 0 Å². The SMILES string of the molecule is CCCCC(CC)CNC(=O)CN1C(=O)c2ccccc2C1c1cn(C)c2ccccc12. The monoisotopic (exact) mass is 431 g/mol. The highest BCUT2D eigenvalue weighted by atomic mass is 16.2. The first-order valence-electron chi connectivity index (χ1n) is 11.8. The van der Waals surface area contributed by atoms with Crippen LogP contribution in [0.25, 0.3) is 10.9 Å². The molecule has 2 amide bonds. The lowest BCUT2D eigenvalue weighted by Crippen LogP contribution is -2.41. The van der Waals surface area contributed by atoms with E-state index in [9.17, 15) is 9.59 Å². The van der Waals surface area contributed by atoms with Crippen molar-refractivity contribution in [3.63, 3.8) is 0 Å². The molecule has 3 aromatic rings. The van der Waals surface area contributed by atoms with Crippen LogP contribution in [0.15, 0.2) is 54.7 Å². The van der Waals surface area contributed by atoms with Crippen LogP contribution in [0.4, 0.5) is 0 Å². The highest BCUT2D eigenvalue weighted by molar-refractivity contribution is 6.02. The Morgan fingerprint density at radius 1 is 1.06 bits per heavy atom. The Bertz CT molecular complexity index is 1120. The maximum atomic E-state index is 13.3. The average Bonchev–Trinajstić information content (AvgIpc) is 3.28. The normalized spacial score (nSPS) is 16.4. The second kappa shape index (κ2) is 9.60. The fourth-order valence-corrected chi connectivity index (χ4v) is 4.87. The van der Waals surface area contributed by atoms with Gasteiger partial charge in [0.05, 0.1) is 6.04 Å². The molecule has 0 aliphatic carbocycles. The molecule has 0 fully saturated rings. The van der Waals surface area contributed by atoms with Crippen molar-refractivity contribution in [2.75, 3.05) is 13.1 Å². The standard InChI is InChI=1S/C27H33N3O2/c1-4-6-11-19(5-2)16-28-25(31)18-30-26(21-13-7-8-14-22(21)27(30)32)23-17-29(3)24-15-10-9-12-20(23)24/h7-10,12-15,17,19,26H,4-6,11,16,18H2,1-3H3,(H,28,31). The van der Waals surface area contributed by atoms with E-state index in [2.05, 4.69) is 42.1 Å². The topological polar surface area (TPSA) is 54.3 Å². The van der Waals surface area contributed by atoms with Gasteiger partial charge in [0.1, 0.15) is 6.54 Å². The van der Waals surface area contributed by atoms with Crippen LogP contribution in [0.2, 0.25) is 0 Å². The van der Waals surface area contributed by atoms with Crippen LogP contribution in [0.5, 0.6) is 0 Å². The molecule has 1 aromatic heterocycles. The molecule has 2 unspecified atom stereocenters. The summed E-state index contributed by atoms with van der Waals surface area (Å²) in [6.45, 7) is 5.09. The Hall–Kier alpha value is -3.08. The number of carbonyl (C=O) groups excluding carboxylic acids is 2. The molecule has 1 aliphatic rings. The Balaban J connectivity index is 1.61. The van der Waals surface area contributed by atoms with Crippen LogP contribution in [-0.2, 0) is 11.8 Å². The largest absolute Gasteiger partial charge is 0.354 e. The molecule has 2 heterocycles. The van der Waals surface area contributed by atoms with E-state index >= 15 is 0 Å². The van der Waals surface area contributed by atoms with Crippen molar-refractivity contribution in [3.8, 4) is 0 Å². The average molecular weight is 432 g/mol. The summed E-state index contributed by atoms with van der Waals surface area (Å²) >= 11 is 0. The van der Waals surface area contributed by atoms with E-state index in [-0.39, 0.29) is 24.4 Å². The number of carbonyl (C=O) groups is 2. The molecule has 5 nitrogen and oxygen atoms in total. The fraction of sp³-hybridized carbons (Fsp3) is 0.407. The van der Waals surface area contributed by atoms with E-state index < -0.39 is 0 Å². The van der Waals surface area contributed by atoms with Gasteiger partial charge in [-0.3, -0.25) is 9.59 Å².